The van der Waals surface area contributed by atoms with Crippen LogP contribution in [0.3, 0.4) is 0 Å². The monoisotopic (exact) mass is 1210 g/mol. The molecule has 85 heavy (non-hydrogen) atoms. The van der Waals surface area contributed by atoms with Crippen LogP contribution in [0.25, 0.3) is 0 Å². The number of H-pyrrole nitrogens is 4. The maximum Gasteiger partial charge on any atom is 0.248 e. The number of hydrogen-bond donors (Lipinski definition) is 4. The Morgan fingerprint density at radius 3 is 1.35 bits per heavy atom. The first kappa shape index (κ1) is 74.2. The van der Waals surface area contributed by atoms with Gasteiger partial charge in [-0.25, -0.2) is 4.98 Å². The molecule has 0 unspecified atom stereocenters. The fourth-order valence-electron chi connectivity index (χ4n) is 5.88. The van der Waals surface area contributed by atoms with Gasteiger partial charge >= 0.3 is 0 Å². The van der Waals surface area contributed by atoms with Crippen LogP contribution in [-0.4, -0.2) is 72.5 Å². The number of aryl methyl sites for hydroxylation is 16. The number of hydrogen-bond acceptors (Lipinski definition) is 9. The van der Waals surface area contributed by atoms with E-state index in [-0.39, 0.29) is 5.56 Å². The summed E-state index contributed by atoms with van der Waals surface area (Å²) in [6.07, 6.45) is 29.8. The van der Waals surface area contributed by atoms with Crippen molar-refractivity contribution in [2.45, 2.75) is 82.6 Å². The van der Waals surface area contributed by atoms with Gasteiger partial charge in [0, 0.05) is 196 Å². The van der Waals surface area contributed by atoms with E-state index in [9.17, 15) is 4.79 Å². The maximum atomic E-state index is 10.4. The molecule has 0 fully saturated rings. The van der Waals surface area contributed by atoms with Gasteiger partial charge < -0.3 is 42.4 Å². The van der Waals surface area contributed by atoms with Gasteiger partial charge in [0.2, 0.25) is 5.56 Å². The molecule has 13 aromatic rings. The second-order valence-corrected chi connectivity index (χ2v) is 21.7. The largest absolute Gasteiger partial charge is 0.367 e. The van der Waals surface area contributed by atoms with Crippen molar-refractivity contribution in [3.63, 3.8) is 0 Å². The number of aromatic nitrogens is 15. The molecule has 0 aliphatic heterocycles. The van der Waals surface area contributed by atoms with Crippen molar-refractivity contribution >= 4 is 34.0 Å². The molecule has 0 radical (unpaired) electrons. The van der Waals surface area contributed by atoms with Crippen molar-refractivity contribution in [1.29, 1.82) is 0 Å². The summed E-state index contributed by atoms with van der Waals surface area (Å²) in [6.45, 7) is 22.4. The summed E-state index contributed by atoms with van der Waals surface area (Å²) in [4.78, 5) is 35.7. The Balaban J connectivity index is 0.000000461. The molecular weight excluding hydrogens is 1120 g/mol. The molecule has 0 saturated heterocycles. The molecule has 0 aliphatic carbocycles. The fraction of sp³-hybridized carbons (Fsp3) is 0.273. The Morgan fingerprint density at radius 1 is 0.529 bits per heavy atom. The number of nitrogens with one attached hydrogen (secondary N) is 4. The highest BCUT2D eigenvalue weighted by atomic mass is 32.1. The first-order chi connectivity index (χ1) is 40.7. The quantitative estimate of drug-likeness (QED) is 0.127. The van der Waals surface area contributed by atoms with E-state index in [0.717, 1.165) is 28.5 Å². The molecule has 13 heterocycles. The predicted molar refractivity (Wildman–Crippen MR) is 361 cm³/mol. The van der Waals surface area contributed by atoms with Gasteiger partial charge in [0.15, 0.2) is 0 Å². The van der Waals surface area contributed by atoms with Crippen molar-refractivity contribution in [3.8, 4) is 0 Å². The SMILES string of the molecule is CCc1cccn1C.Cc1cc[nH]c1.Cc1ccc(C)n1C.Cc1ccc[nH]1.Cc1cccc(=O)[nH]1.Cc1cccn1C.Cc1ccn[nH]1.Cc1cncs1.Cc1cscn1.Cc1nccs1.Cn1cccc1.Cn1cccc1.Cn1ccnc1. The van der Waals surface area contributed by atoms with Crippen molar-refractivity contribution in [2.75, 3.05) is 0 Å². The fourth-order valence-corrected chi connectivity index (χ4v) is 7.27. The summed E-state index contributed by atoms with van der Waals surface area (Å²) in [5, 5.41) is 11.6. The molecule has 0 saturated carbocycles. The molecule has 19 heteroatoms. The third-order valence-corrected chi connectivity index (χ3v) is 13.2. The van der Waals surface area contributed by atoms with Crippen LogP contribution in [0, 0.1) is 69.2 Å². The molecule has 0 amide bonds. The standard InChI is InChI=1S/2C7H11N.C6H7NO.C6H9N.4C5H7N.2C4H6N2.3C4H5NS/c1-6-4-5-7(2)8(6)3;1-3-7-5-4-6-8(7)2;1-5-3-2-4-6(8)7-5;1-6-4-3-5-7(6)2;1-5-2-3-6-4-5;2*1-6-4-2-3-5-6;1-5-3-2-4-6-5;1-6-3-2-5-4-6;1-4-2-3-5-6-4;1-4-2-6-3-5-4;1-4-2-5-3-6-4;1-4-5-2-3-6-4/h4-5H,1-3H3;4-6H,3H2,1-2H3;2-4H,1H3,(H,7,8);3-5H,1-2H3;2-4,6H,1H3;2*2-5H,1H3;2-4,6H,1H3;2-4H,1H3;2-3H,1H3,(H,5,6);3*2-3H,1H3. The van der Waals surface area contributed by atoms with Gasteiger partial charge in [-0.05, 0) is 172 Å². The normalized spacial score (nSPS) is 9.09. The summed E-state index contributed by atoms with van der Waals surface area (Å²) in [5.41, 5.74) is 14.6. The Morgan fingerprint density at radius 2 is 1.18 bits per heavy atom. The second-order valence-electron chi connectivity index (χ2n) is 18.8. The van der Waals surface area contributed by atoms with Gasteiger partial charge in [0.05, 0.1) is 22.4 Å². The highest BCUT2D eigenvalue weighted by molar-refractivity contribution is 7.09. The third kappa shape index (κ3) is 41.0. The van der Waals surface area contributed by atoms with Gasteiger partial charge in [0.25, 0.3) is 0 Å². The number of aromatic amines is 4. The molecule has 16 nitrogen and oxygen atoms in total. The van der Waals surface area contributed by atoms with Crippen LogP contribution in [0.5, 0.6) is 0 Å². The molecule has 13 rings (SSSR count). The molecule has 4 N–H and O–H groups in total. The van der Waals surface area contributed by atoms with E-state index in [4.69, 9.17) is 0 Å². The van der Waals surface area contributed by atoms with Crippen LogP contribution < -0.4 is 5.56 Å². The zero-order valence-electron chi connectivity index (χ0n) is 53.0. The van der Waals surface area contributed by atoms with Crippen molar-refractivity contribution in [3.05, 3.63) is 289 Å². The zero-order valence-corrected chi connectivity index (χ0v) is 55.5. The number of rotatable bonds is 1. The van der Waals surface area contributed by atoms with Crippen molar-refractivity contribution < 1.29 is 0 Å². The lowest BCUT2D eigenvalue weighted by atomic mass is 10.3. The Hall–Kier alpha value is -8.78. The molecule has 456 valence electrons. The summed E-state index contributed by atoms with van der Waals surface area (Å²) in [5.74, 6) is 0. The third-order valence-electron chi connectivity index (χ3n) is 11.1. The molecule has 0 spiro atoms. The topological polar surface area (TPSA) is 174 Å². The Labute approximate surface area is 517 Å². The average molecular weight is 1210 g/mol. The van der Waals surface area contributed by atoms with E-state index in [2.05, 4.69) is 144 Å². The van der Waals surface area contributed by atoms with Gasteiger partial charge in [0.1, 0.15) is 0 Å². The highest BCUT2D eigenvalue weighted by Gasteiger charge is 1.91. The molecule has 0 aliphatic rings. The summed E-state index contributed by atoms with van der Waals surface area (Å²) in [6, 6.07) is 33.6. The van der Waals surface area contributed by atoms with Crippen molar-refractivity contribution in [1.82, 2.24) is 72.5 Å². The van der Waals surface area contributed by atoms with Crippen LogP contribution in [0.1, 0.15) is 67.9 Å². The molecule has 0 aromatic carbocycles. The number of thiazole rings is 3. The zero-order chi connectivity index (χ0) is 63.0. The van der Waals surface area contributed by atoms with Crippen LogP contribution in [-0.2, 0) is 48.7 Å². The lowest BCUT2D eigenvalue weighted by Gasteiger charge is -1.96. The molecule has 0 bridgehead atoms. The smallest absolute Gasteiger partial charge is 0.248 e. The summed E-state index contributed by atoms with van der Waals surface area (Å²) in [7, 11) is 12.1. The number of pyridine rings is 1. The minimum absolute atomic E-state index is 0.0370. The first-order valence-corrected chi connectivity index (χ1v) is 30.1. The van der Waals surface area contributed by atoms with Crippen LogP contribution in [0.15, 0.2) is 223 Å². The Kier molecular flexibility index (Phi) is 40.8. The second kappa shape index (κ2) is 46.7. The predicted octanol–water partition coefficient (Wildman–Crippen LogP) is 15.4. The summed E-state index contributed by atoms with van der Waals surface area (Å²) >= 11 is 4.96. The summed E-state index contributed by atoms with van der Waals surface area (Å²) < 4.78 is 12.3. The lowest BCUT2D eigenvalue weighted by Crippen LogP contribution is -2.02. The number of imidazole rings is 1. The minimum Gasteiger partial charge on any atom is -0.367 e. The maximum absolute atomic E-state index is 10.4. The van der Waals surface area contributed by atoms with Crippen LogP contribution in [0.4, 0.5) is 0 Å². The van der Waals surface area contributed by atoms with E-state index in [0.29, 0.717) is 0 Å². The van der Waals surface area contributed by atoms with Gasteiger partial charge in [-0.1, -0.05) is 13.0 Å². The highest BCUT2D eigenvalue weighted by Crippen LogP contribution is 2.03. The van der Waals surface area contributed by atoms with E-state index < -0.39 is 0 Å². The Bertz CT molecular complexity index is 2940. The first-order valence-electron chi connectivity index (χ1n) is 27.4. The molecular formula is C66H93N15OS3. The van der Waals surface area contributed by atoms with E-state index >= 15 is 0 Å². The molecule has 13 aromatic heterocycles. The minimum atomic E-state index is -0.0370. The lowest BCUT2D eigenvalue weighted by molar-refractivity contribution is 0.838. The van der Waals surface area contributed by atoms with E-state index in [1.54, 1.807) is 65.0 Å². The van der Waals surface area contributed by atoms with Crippen LogP contribution >= 0.6 is 34.0 Å². The van der Waals surface area contributed by atoms with Gasteiger partial charge in [-0.15, -0.1) is 34.0 Å². The average Bonchev–Trinajstić information content (AvgIpc) is 4.30. The van der Waals surface area contributed by atoms with E-state index in [1.165, 1.54) is 45.0 Å². The van der Waals surface area contributed by atoms with Crippen molar-refractivity contribution in [2.24, 2.45) is 42.3 Å². The number of nitrogens with zero attached hydrogens (tertiary/aromatic N) is 11. The van der Waals surface area contributed by atoms with Crippen LogP contribution in [0.2, 0.25) is 0 Å². The van der Waals surface area contributed by atoms with Gasteiger partial charge in [-0.2, -0.15) is 5.10 Å². The van der Waals surface area contributed by atoms with Gasteiger partial charge in [-0.3, -0.25) is 24.8 Å². The van der Waals surface area contributed by atoms with E-state index in [1.807, 2.05) is 228 Å². The molecule has 0 atom stereocenters.